The topological polar surface area (TPSA) is 52.5 Å². The van der Waals surface area contributed by atoms with Crippen molar-refractivity contribution in [3.8, 4) is 0 Å². The first-order valence-corrected chi connectivity index (χ1v) is 5.01. The Labute approximate surface area is 86.3 Å². The van der Waals surface area contributed by atoms with Crippen molar-refractivity contribution in [2.45, 2.75) is 43.6 Å². The molecule has 90 valence electrons. The molecule has 3 nitrogen and oxygen atoms in total. The van der Waals surface area contributed by atoms with Crippen LogP contribution in [0, 0.1) is 0 Å². The Morgan fingerprint density at radius 3 is 2.27 bits per heavy atom. The first-order valence-electron chi connectivity index (χ1n) is 5.01. The molecule has 0 aromatic heterocycles. The minimum atomic E-state index is -4.59. The summed E-state index contributed by atoms with van der Waals surface area (Å²) in [5.74, 6) is 0. The van der Waals surface area contributed by atoms with Crippen molar-refractivity contribution in [3.05, 3.63) is 0 Å². The van der Waals surface area contributed by atoms with Gasteiger partial charge in [0.05, 0.1) is 5.60 Å². The van der Waals surface area contributed by atoms with Gasteiger partial charge in [-0.2, -0.15) is 13.2 Å². The van der Waals surface area contributed by atoms with Crippen LogP contribution in [-0.2, 0) is 0 Å². The highest BCUT2D eigenvalue weighted by molar-refractivity contribution is 4.86. The van der Waals surface area contributed by atoms with E-state index < -0.39 is 24.4 Å². The monoisotopic (exact) mass is 227 g/mol. The van der Waals surface area contributed by atoms with E-state index in [-0.39, 0.29) is 6.54 Å². The second-order valence-electron chi connectivity index (χ2n) is 4.12. The zero-order chi connectivity index (χ0) is 11.5. The van der Waals surface area contributed by atoms with Crippen molar-refractivity contribution >= 4 is 0 Å². The van der Waals surface area contributed by atoms with Gasteiger partial charge in [-0.25, -0.2) is 0 Å². The Kier molecular flexibility index (Phi) is 3.97. The molecule has 1 unspecified atom stereocenters. The summed E-state index contributed by atoms with van der Waals surface area (Å²) >= 11 is 0. The van der Waals surface area contributed by atoms with E-state index in [1.807, 2.05) is 0 Å². The molecular weight excluding hydrogens is 211 g/mol. The third kappa shape index (κ3) is 3.96. The van der Waals surface area contributed by atoms with Gasteiger partial charge in [-0.05, 0) is 12.8 Å². The van der Waals surface area contributed by atoms with E-state index in [1.165, 1.54) is 0 Å². The highest BCUT2D eigenvalue weighted by atomic mass is 19.4. The molecule has 0 aromatic rings. The van der Waals surface area contributed by atoms with Crippen LogP contribution in [0.3, 0.4) is 0 Å². The molecule has 0 amide bonds. The van der Waals surface area contributed by atoms with Crippen LogP contribution in [-0.4, -0.2) is 41.2 Å². The Morgan fingerprint density at radius 2 is 1.80 bits per heavy atom. The number of hydrogen-bond acceptors (Lipinski definition) is 3. The van der Waals surface area contributed by atoms with Gasteiger partial charge >= 0.3 is 6.18 Å². The number of aliphatic hydroxyl groups is 2. The van der Waals surface area contributed by atoms with Crippen LogP contribution < -0.4 is 5.32 Å². The Morgan fingerprint density at radius 1 is 1.27 bits per heavy atom. The largest absolute Gasteiger partial charge is 0.415 e. The SMILES string of the molecule is OC(CNCC1(O)CCCC1)C(F)(F)F. The number of alkyl halides is 3. The Bertz CT molecular complexity index is 202. The van der Waals surface area contributed by atoms with Crippen LogP contribution >= 0.6 is 0 Å². The number of rotatable bonds is 4. The summed E-state index contributed by atoms with van der Waals surface area (Å²) in [4.78, 5) is 0. The van der Waals surface area contributed by atoms with Gasteiger partial charge in [-0.15, -0.1) is 0 Å². The van der Waals surface area contributed by atoms with Crippen molar-refractivity contribution in [2.75, 3.05) is 13.1 Å². The molecular formula is C9H16F3NO2. The van der Waals surface area contributed by atoms with E-state index in [0.29, 0.717) is 12.8 Å². The van der Waals surface area contributed by atoms with Crippen LogP contribution in [0.2, 0.25) is 0 Å². The van der Waals surface area contributed by atoms with E-state index >= 15 is 0 Å². The average molecular weight is 227 g/mol. The molecule has 0 radical (unpaired) electrons. The Hall–Kier alpha value is -0.330. The summed E-state index contributed by atoms with van der Waals surface area (Å²) < 4.78 is 35.7. The zero-order valence-electron chi connectivity index (χ0n) is 8.35. The highest BCUT2D eigenvalue weighted by Gasteiger charge is 2.38. The summed E-state index contributed by atoms with van der Waals surface area (Å²) in [5.41, 5.74) is -0.884. The lowest BCUT2D eigenvalue weighted by Gasteiger charge is -2.23. The second kappa shape index (κ2) is 4.67. The lowest BCUT2D eigenvalue weighted by molar-refractivity contribution is -0.202. The standard InChI is InChI=1S/C9H16F3NO2/c10-9(11,12)7(14)5-13-6-8(15)3-1-2-4-8/h7,13-15H,1-6H2. The van der Waals surface area contributed by atoms with E-state index in [4.69, 9.17) is 5.11 Å². The maximum atomic E-state index is 11.9. The second-order valence-corrected chi connectivity index (χ2v) is 4.12. The molecule has 1 aliphatic rings. The van der Waals surface area contributed by atoms with E-state index in [1.54, 1.807) is 0 Å². The zero-order valence-corrected chi connectivity index (χ0v) is 8.35. The summed E-state index contributed by atoms with van der Waals surface area (Å²) in [5, 5.41) is 20.9. The van der Waals surface area contributed by atoms with Crippen molar-refractivity contribution in [2.24, 2.45) is 0 Å². The van der Waals surface area contributed by atoms with Gasteiger partial charge in [0.25, 0.3) is 0 Å². The van der Waals surface area contributed by atoms with Crippen LogP contribution in [0.15, 0.2) is 0 Å². The summed E-state index contributed by atoms with van der Waals surface area (Å²) in [6.45, 7) is -0.452. The molecule has 1 aliphatic carbocycles. The van der Waals surface area contributed by atoms with E-state index in [2.05, 4.69) is 5.32 Å². The molecule has 3 N–H and O–H groups in total. The van der Waals surface area contributed by atoms with Gasteiger partial charge in [0.15, 0.2) is 6.10 Å². The molecule has 0 spiro atoms. The molecule has 15 heavy (non-hydrogen) atoms. The van der Waals surface area contributed by atoms with Crippen LogP contribution in [0.1, 0.15) is 25.7 Å². The molecule has 0 saturated heterocycles. The van der Waals surface area contributed by atoms with Gasteiger partial charge in [-0.3, -0.25) is 0 Å². The third-order valence-corrected chi connectivity index (χ3v) is 2.70. The van der Waals surface area contributed by atoms with E-state index in [0.717, 1.165) is 12.8 Å². The highest BCUT2D eigenvalue weighted by Crippen LogP contribution is 2.28. The summed E-state index contributed by atoms with van der Waals surface area (Å²) in [7, 11) is 0. The molecule has 1 saturated carbocycles. The predicted octanol–water partition coefficient (Wildman–Crippen LogP) is 0.804. The normalized spacial score (nSPS) is 23.0. The van der Waals surface area contributed by atoms with Crippen LogP contribution in [0.4, 0.5) is 13.2 Å². The number of halogens is 3. The molecule has 0 bridgehead atoms. The summed E-state index contributed by atoms with van der Waals surface area (Å²) in [6.07, 6.45) is -3.92. The lowest BCUT2D eigenvalue weighted by Crippen LogP contribution is -2.44. The molecule has 1 fully saturated rings. The fourth-order valence-electron chi connectivity index (χ4n) is 1.77. The summed E-state index contributed by atoms with van der Waals surface area (Å²) in [6, 6.07) is 0. The molecule has 0 aliphatic heterocycles. The first kappa shape index (κ1) is 12.7. The van der Waals surface area contributed by atoms with Gasteiger partial charge in [0, 0.05) is 13.1 Å². The van der Waals surface area contributed by atoms with Crippen molar-refractivity contribution < 1.29 is 23.4 Å². The molecule has 0 heterocycles. The molecule has 1 rings (SSSR count). The van der Waals surface area contributed by atoms with Gasteiger partial charge in [0.2, 0.25) is 0 Å². The maximum absolute atomic E-state index is 11.9. The predicted molar refractivity (Wildman–Crippen MR) is 48.3 cm³/mol. The van der Waals surface area contributed by atoms with Gasteiger partial charge in [0.1, 0.15) is 0 Å². The fourth-order valence-corrected chi connectivity index (χ4v) is 1.77. The van der Waals surface area contributed by atoms with Crippen molar-refractivity contribution in [3.63, 3.8) is 0 Å². The maximum Gasteiger partial charge on any atom is 0.415 e. The van der Waals surface area contributed by atoms with Crippen molar-refractivity contribution in [1.29, 1.82) is 0 Å². The minimum absolute atomic E-state index is 0.111. The van der Waals surface area contributed by atoms with Crippen molar-refractivity contribution in [1.82, 2.24) is 5.32 Å². The number of hydrogen-bond donors (Lipinski definition) is 3. The Balaban J connectivity index is 2.21. The van der Waals surface area contributed by atoms with Gasteiger partial charge in [-0.1, -0.05) is 12.8 Å². The number of nitrogens with one attached hydrogen (secondary N) is 1. The van der Waals surface area contributed by atoms with E-state index in [9.17, 15) is 18.3 Å². The minimum Gasteiger partial charge on any atom is -0.389 e. The third-order valence-electron chi connectivity index (χ3n) is 2.70. The van der Waals surface area contributed by atoms with Crippen LogP contribution in [0.25, 0.3) is 0 Å². The first-order chi connectivity index (χ1) is 6.83. The lowest BCUT2D eigenvalue weighted by atomic mass is 10.0. The molecule has 6 heteroatoms. The molecule has 1 atom stereocenters. The smallest absolute Gasteiger partial charge is 0.389 e. The average Bonchev–Trinajstić information content (AvgIpc) is 2.50. The van der Waals surface area contributed by atoms with Crippen LogP contribution in [0.5, 0.6) is 0 Å². The quantitative estimate of drug-likeness (QED) is 0.666. The molecule has 0 aromatic carbocycles. The van der Waals surface area contributed by atoms with Gasteiger partial charge < -0.3 is 15.5 Å². The number of aliphatic hydroxyl groups excluding tert-OH is 1. The fraction of sp³-hybridized carbons (Fsp3) is 1.00.